The molecule has 0 aliphatic heterocycles. The molecule has 0 N–H and O–H groups in total. The Balaban J connectivity index is 1.57. The maximum atomic E-state index is 14.7. The van der Waals surface area contributed by atoms with Crippen LogP contribution in [0.4, 0.5) is 17.6 Å². The van der Waals surface area contributed by atoms with Gasteiger partial charge in [-0.15, -0.1) is 0 Å². The Morgan fingerprint density at radius 2 is 1.58 bits per heavy atom. The molecule has 3 rings (SSSR count). The summed E-state index contributed by atoms with van der Waals surface area (Å²) in [6, 6.07) is 2.95. The van der Waals surface area contributed by atoms with Crippen LogP contribution in [0, 0.1) is 41.2 Å². The van der Waals surface area contributed by atoms with Crippen LogP contribution in [-0.4, -0.2) is 0 Å². The highest BCUT2D eigenvalue weighted by atomic mass is 19.3. The molecule has 0 aromatic heterocycles. The van der Waals surface area contributed by atoms with Crippen LogP contribution < -0.4 is 0 Å². The van der Waals surface area contributed by atoms with Gasteiger partial charge < -0.3 is 0 Å². The lowest BCUT2D eigenvalue weighted by Gasteiger charge is -2.29. The number of benzene rings is 1. The zero-order chi connectivity index (χ0) is 22.2. The minimum absolute atomic E-state index is 0.00813. The van der Waals surface area contributed by atoms with Gasteiger partial charge >= 0.3 is 0 Å². The first-order valence-corrected chi connectivity index (χ1v) is 12.0. The topological polar surface area (TPSA) is 0 Å². The van der Waals surface area contributed by atoms with Crippen molar-refractivity contribution in [2.45, 2.75) is 89.9 Å². The van der Waals surface area contributed by atoms with E-state index in [4.69, 9.17) is 0 Å². The Morgan fingerprint density at radius 3 is 2.16 bits per heavy atom. The Kier molecular flexibility index (Phi) is 9.05. The zero-order valence-electron chi connectivity index (χ0n) is 18.5. The van der Waals surface area contributed by atoms with Crippen molar-refractivity contribution in [3.63, 3.8) is 0 Å². The van der Waals surface area contributed by atoms with Crippen molar-refractivity contribution in [2.75, 3.05) is 0 Å². The fourth-order valence-electron chi connectivity index (χ4n) is 5.20. The molecule has 0 nitrogen and oxygen atoms in total. The van der Waals surface area contributed by atoms with Gasteiger partial charge in [0, 0.05) is 5.92 Å². The normalized spacial score (nSPS) is 26.1. The van der Waals surface area contributed by atoms with E-state index in [-0.39, 0.29) is 23.3 Å². The van der Waals surface area contributed by atoms with Crippen LogP contribution in [0.15, 0.2) is 24.3 Å². The Labute approximate surface area is 184 Å². The van der Waals surface area contributed by atoms with Gasteiger partial charge in [-0.1, -0.05) is 44.4 Å². The van der Waals surface area contributed by atoms with Gasteiger partial charge in [-0.05, 0) is 92.9 Å². The van der Waals surface area contributed by atoms with Crippen molar-refractivity contribution in [3.05, 3.63) is 47.1 Å². The number of halogens is 4. The van der Waals surface area contributed by atoms with Gasteiger partial charge in [0.1, 0.15) is 11.6 Å². The van der Waals surface area contributed by atoms with Crippen LogP contribution >= 0.6 is 0 Å². The highest BCUT2D eigenvalue weighted by Crippen LogP contribution is 2.38. The van der Waals surface area contributed by atoms with Gasteiger partial charge in [0.2, 0.25) is 0 Å². The minimum atomic E-state index is -1.64. The SMILES string of the molecule is CCCCC[C@H]1CC[C@H](c2cc(F)c(C#C[C@H]3CC[C@H](C=C(F)F)CC3)c(F)c2)CC1. The standard InChI is InChI=1S/C27H34F4/c1-2-3-4-5-19-10-13-22(14-11-19)23-17-25(28)24(26(29)18-23)15-12-20-6-8-21(9-7-20)16-27(30)31/h16-22H,2-11,13-14H2,1H3/t19-,20-,21-,22-. The number of unbranched alkanes of at least 4 members (excludes halogenated alkanes) is 2. The first-order chi connectivity index (χ1) is 15.0. The minimum Gasteiger partial charge on any atom is -0.206 e. The van der Waals surface area contributed by atoms with Gasteiger partial charge in [0.15, 0.2) is 0 Å². The second-order valence-corrected chi connectivity index (χ2v) is 9.41. The van der Waals surface area contributed by atoms with E-state index in [2.05, 4.69) is 18.8 Å². The van der Waals surface area contributed by atoms with E-state index < -0.39 is 17.7 Å². The van der Waals surface area contributed by atoms with Crippen molar-refractivity contribution in [1.29, 1.82) is 0 Å². The van der Waals surface area contributed by atoms with E-state index in [9.17, 15) is 17.6 Å². The molecule has 0 heterocycles. The van der Waals surface area contributed by atoms with Crippen molar-refractivity contribution >= 4 is 0 Å². The predicted octanol–water partition coefficient (Wildman–Crippen LogP) is 8.76. The molecule has 2 fully saturated rings. The number of hydrogen-bond acceptors (Lipinski definition) is 0. The zero-order valence-corrected chi connectivity index (χ0v) is 18.5. The van der Waals surface area contributed by atoms with Crippen LogP contribution in [0.25, 0.3) is 0 Å². The molecule has 2 aliphatic rings. The average Bonchev–Trinajstić information content (AvgIpc) is 2.74. The van der Waals surface area contributed by atoms with Crippen LogP contribution in [0.1, 0.15) is 101 Å². The van der Waals surface area contributed by atoms with E-state index in [1.54, 1.807) is 0 Å². The second-order valence-electron chi connectivity index (χ2n) is 9.41. The van der Waals surface area contributed by atoms with Crippen molar-refractivity contribution in [3.8, 4) is 11.8 Å². The number of hydrogen-bond donors (Lipinski definition) is 0. The third-order valence-electron chi connectivity index (χ3n) is 7.13. The molecule has 1 aromatic rings. The lowest BCUT2D eigenvalue weighted by molar-refractivity contribution is 0.302. The Hall–Kier alpha value is -1.76. The van der Waals surface area contributed by atoms with E-state index in [0.717, 1.165) is 43.2 Å². The third-order valence-corrected chi connectivity index (χ3v) is 7.13. The summed E-state index contributed by atoms with van der Waals surface area (Å²) in [6.07, 6.45) is 11.4. The van der Waals surface area contributed by atoms with Crippen LogP contribution in [-0.2, 0) is 0 Å². The van der Waals surface area contributed by atoms with Crippen LogP contribution in [0.5, 0.6) is 0 Å². The van der Waals surface area contributed by atoms with Gasteiger partial charge in [-0.25, -0.2) is 8.78 Å². The summed E-state index contributed by atoms with van der Waals surface area (Å²) >= 11 is 0. The summed E-state index contributed by atoms with van der Waals surface area (Å²) in [5.41, 5.74) is 0.599. The first-order valence-electron chi connectivity index (χ1n) is 12.0. The number of allylic oxidation sites excluding steroid dienone is 1. The second kappa shape index (κ2) is 11.7. The summed E-state index contributed by atoms with van der Waals surface area (Å²) < 4.78 is 54.1. The van der Waals surface area contributed by atoms with Gasteiger partial charge in [-0.2, -0.15) is 8.78 Å². The maximum absolute atomic E-state index is 14.7. The monoisotopic (exact) mass is 434 g/mol. The Bertz CT molecular complexity index is 773. The summed E-state index contributed by atoms with van der Waals surface area (Å²) in [7, 11) is 0. The first kappa shape index (κ1) is 23.9. The lowest BCUT2D eigenvalue weighted by Crippen LogP contribution is -2.14. The molecule has 0 amide bonds. The highest BCUT2D eigenvalue weighted by molar-refractivity contribution is 5.40. The molecule has 0 spiro atoms. The summed E-state index contributed by atoms with van der Waals surface area (Å²) in [6.45, 7) is 2.22. The fourth-order valence-corrected chi connectivity index (χ4v) is 5.20. The molecule has 0 atom stereocenters. The smallest absolute Gasteiger partial charge is 0.206 e. The number of rotatable bonds is 6. The van der Waals surface area contributed by atoms with E-state index in [0.29, 0.717) is 25.7 Å². The summed E-state index contributed by atoms with van der Waals surface area (Å²) in [5, 5.41) is 0. The quantitative estimate of drug-likeness (QED) is 0.238. The van der Waals surface area contributed by atoms with E-state index in [1.165, 1.54) is 37.8 Å². The average molecular weight is 435 g/mol. The van der Waals surface area contributed by atoms with Crippen molar-refractivity contribution in [1.82, 2.24) is 0 Å². The molecule has 0 saturated heterocycles. The molecule has 170 valence electrons. The highest BCUT2D eigenvalue weighted by Gasteiger charge is 2.24. The molecule has 0 radical (unpaired) electrons. The molecule has 1 aromatic carbocycles. The molecule has 0 bridgehead atoms. The molecule has 4 heteroatoms. The third kappa shape index (κ3) is 7.13. The van der Waals surface area contributed by atoms with Crippen LogP contribution in [0.2, 0.25) is 0 Å². The van der Waals surface area contributed by atoms with E-state index >= 15 is 0 Å². The van der Waals surface area contributed by atoms with Crippen LogP contribution in [0.3, 0.4) is 0 Å². The van der Waals surface area contributed by atoms with Crippen molar-refractivity contribution < 1.29 is 17.6 Å². The van der Waals surface area contributed by atoms with Crippen molar-refractivity contribution in [2.24, 2.45) is 17.8 Å². The van der Waals surface area contributed by atoms with Gasteiger partial charge in [-0.3, -0.25) is 0 Å². The maximum Gasteiger partial charge on any atom is 0.266 e. The molecule has 0 unspecified atom stereocenters. The molecular weight excluding hydrogens is 400 g/mol. The molecule has 2 aliphatic carbocycles. The van der Waals surface area contributed by atoms with E-state index in [1.807, 2.05) is 0 Å². The Morgan fingerprint density at radius 1 is 0.935 bits per heavy atom. The fraction of sp³-hybridized carbons (Fsp3) is 0.630. The van der Waals surface area contributed by atoms with Gasteiger partial charge in [0.25, 0.3) is 6.08 Å². The molecular formula is C27H34F4. The summed E-state index contributed by atoms with van der Waals surface area (Å²) in [4.78, 5) is 0. The summed E-state index contributed by atoms with van der Waals surface area (Å²) in [5.74, 6) is 5.42. The molecule has 2 saturated carbocycles. The predicted molar refractivity (Wildman–Crippen MR) is 118 cm³/mol. The van der Waals surface area contributed by atoms with Gasteiger partial charge in [0.05, 0.1) is 5.56 Å². The lowest BCUT2D eigenvalue weighted by atomic mass is 9.77. The largest absolute Gasteiger partial charge is 0.266 e. The molecule has 31 heavy (non-hydrogen) atoms.